The van der Waals surface area contributed by atoms with Gasteiger partial charge < -0.3 is 0 Å². The lowest BCUT2D eigenvalue weighted by atomic mass is 9.96. The zero-order valence-corrected chi connectivity index (χ0v) is 13.5. The van der Waals surface area contributed by atoms with Crippen LogP contribution in [0.2, 0.25) is 0 Å². The number of ketones is 2. The molecular weight excluding hydrogens is 388 g/mol. The first-order chi connectivity index (χ1) is 9.49. The first-order valence-electron chi connectivity index (χ1n) is 5.80. The number of benzene rings is 1. The van der Waals surface area contributed by atoms with Crippen molar-refractivity contribution in [2.24, 2.45) is 0 Å². The normalized spacial score (nSPS) is 14.8. The third-order valence-corrected chi connectivity index (χ3v) is 4.62. The molecule has 1 aliphatic rings. The average molecular weight is 396 g/mol. The van der Waals surface area contributed by atoms with Crippen LogP contribution >= 0.6 is 31.9 Å². The van der Waals surface area contributed by atoms with Gasteiger partial charge in [0.2, 0.25) is 5.78 Å². The first-order valence-corrected chi connectivity index (χ1v) is 7.39. The number of carbonyl (C=O) groups is 2. The molecule has 1 aromatic carbocycles. The van der Waals surface area contributed by atoms with Gasteiger partial charge in [-0.3, -0.25) is 9.59 Å². The topological polar surface area (TPSA) is 52.0 Å². The SMILES string of the molecule is CC1=C(Br)C(=O)c2nn(-c3ccc(Br)cc3)cc2C1=O. The van der Waals surface area contributed by atoms with Crippen molar-refractivity contribution < 1.29 is 9.59 Å². The molecule has 0 fully saturated rings. The maximum Gasteiger partial charge on any atom is 0.221 e. The molecule has 0 aliphatic heterocycles. The minimum absolute atomic E-state index is 0.171. The third-order valence-electron chi connectivity index (χ3n) is 3.13. The van der Waals surface area contributed by atoms with E-state index in [-0.39, 0.29) is 21.7 Å². The van der Waals surface area contributed by atoms with Crippen LogP contribution in [0, 0.1) is 0 Å². The Morgan fingerprint density at radius 2 is 1.70 bits per heavy atom. The molecule has 1 heterocycles. The molecule has 0 radical (unpaired) electrons. The highest BCUT2D eigenvalue weighted by Gasteiger charge is 2.32. The monoisotopic (exact) mass is 394 g/mol. The Morgan fingerprint density at radius 3 is 2.35 bits per heavy atom. The second-order valence-electron chi connectivity index (χ2n) is 4.41. The Morgan fingerprint density at radius 1 is 1.05 bits per heavy atom. The summed E-state index contributed by atoms with van der Waals surface area (Å²) >= 11 is 6.52. The second kappa shape index (κ2) is 4.79. The maximum absolute atomic E-state index is 12.2. The van der Waals surface area contributed by atoms with Crippen molar-refractivity contribution in [1.29, 1.82) is 0 Å². The number of halogens is 2. The molecule has 0 unspecified atom stereocenters. The van der Waals surface area contributed by atoms with Crippen molar-refractivity contribution in [3.63, 3.8) is 0 Å². The number of nitrogens with zero attached hydrogens (tertiary/aromatic N) is 2. The molecule has 0 saturated heterocycles. The van der Waals surface area contributed by atoms with Crippen LogP contribution in [-0.4, -0.2) is 21.3 Å². The summed E-state index contributed by atoms with van der Waals surface area (Å²) < 4.78 is 2.79. The van der Waals surface area contributed by atoms with Gasteiger partial charge in [0.15, 0.2) is 5.78 Å². The van der Waals surface area contributed by atoms with E-state index in [2.05, 4.69) is 37.0 Å². The zero-order valence-electron chi connectivity index (χ0n) is 10.4. The van der Waals surface area contributed by atoms with E-state index in [1.807, 2.05) is 24.3 Å². The van der Waals surface area contributed by atoms with E-state index >= 15 is 0 Å². The molecule has 1 aliphatic carbocycles. The van der Waals surface area contributed by atoms with E-state index in [0.29, 0.717) is 11.1 Å². The summed E-state index contributed by atoms with van der Waals surface area (Å²) in [5, 5.41) is 4.23. The highest BCUT2D eigenvalue weighted by molar-refractivity contribution is 9.12. The third kappa shape index (κ3) is 1.99. The van der Waals surface area contributed by atoms with E-state index in [0.717, 1.165) is 10.2 Å². The van der Waals surface area contributed by atoms with Crippen LogP contribution in [0.4, 0.5) is 0 Å². The van der Waals surface area contributed by atoms with Crippen LogP contribution in [0.25, 0.3) is 5.69 Å². The summed E-state index contributed by atoms with van der Waals surface area (Å²) in [7, 11) is 0. The van der Waals surface area contributed by atoms with E-state index in [9.17, 15) is 9.59 Å². The number of rotatable bonds is 1. The van der Waals surface area contributed by atoms with Gasteiger partial charge in [0.1, 0.15) is 5.69 Å². The van der Waals surface area contributed by atoms with Gasteiger partial charge in [0, 0.05) is 16.2 Å². The molecule has 2 aromatic rings. The Kier molecular flexibility index (Phi) is 3.22. The molecular formula is C14H8Br2N2O2. The first kappa shape index (κ1) is 13.5. The van der Waals surface area contributed by atoms with Crippen molar-refractivity contribution in [2.75, 3.05) is 0 Å². The molecule has 6 heteroatoms. The number of Topliss-reactive ketones (excluding diaryl/α,β-unsaturated/α-hetero) is 2. The summed E-state index contributed by atoms with van der Waals surface area (Å²) in [6.45, 7) is 1.63. The standard InChI is InChI=1S/C14H8Br2N2O2/c1-7-11(16)14(20)12-10(13(7)19)6-18(17-12)9-4-2-8(15)3-5-9/h2-6H,1H3. The van der Waals surface area contributed by atoms with Crippen LogP contribution in [0.3, 0.4) is 0 Å². The largest absolute Gasteiger partial charge is 0.289 e. The van der Waals surface area contributed by atoms with Gasteiger partial charge in [-0.25, -0.2) is 4.68 Å². The van der Waals surface area contributed by atoms with Crippen molar-refractivity contribution in [3.05, 3.63) is 56.2 Å². The number of aromatic nitrogens is 2. The molecule has 0 N–H and O–H groups in total. The Bertz CT molecular complexity index is 731. The van der Waals surface area contributed by atoms with Gasteiger partial charge in [-0.2, -0.15) is 5.10 Å². The molecule has 4 nitrogen and oxygen atoms in total. The van der Waals surface area contributed by atoms with Crippen LogP contribution < -0.4 is 0 Å². The zero-order chi connectivity index (χ0) is 14.4. The lowest BCUT2D eigenvalue weighted by Crippen LogP contribution is -2.17. The highest BCUT2D eigenvalue weighted by atomic mass is 79.9. The Labute approximate surface area is 131 Å². The van der Waals surface area contributed by atoms with Gasteiger partial charge in [-0.05, 0) is 47.1 Å². The van der Waals surface area contributed by atoms with Gasteiger partial charge in [0.25, 0.3) is 0 Å². The molecule has 0 saturated carbocycles. The predicted molar refractivity (Wildman–Crippen MR) is 81.6 cm³/mol. The lowest BCUT2D eigenvalue weighted by Gasteiger charge is -2.09. The van der Waals surface area contributed by atoms with Crippen LogP contribution in [0.15, 0.2) is 45.0 Å². The fraction of sp³-hybridized carbons (Fsp3) is 0.0714. The Balaban J connectivity index is 2.13. The maximum atomic E-state index is 12.2. The van der Waals surface area contributed by atoms with Gasteiger partial charge in [-0.15, -0.1) is 0 Å². The lowest BCUT2D eigenvalue weighted by molar-refractivity contribution is 0.0980. The van der Waals surface area contributed by atoms with Gasteiger partial charge >= 0.3 is 0 Å². The number of carbonyl (C=O) groups excluding carboxylic acids is 2. The van der Waals surface area contributed by atoms with E-state index in [4.69, 9.17) is 0 Å². The van der Waals surface area contributed by atoms with Crippen molar-refractivity contribution in [1.82, 2.24) is 9.78 Å². The van der Waals surface area contributed by atoms with E-state index in [1.54, 1.807) is 17.8 Å². The summed E-state index contributed by atoms with van der Waals surface area (Å²) in [6, 6.07) is 7.46. The predicted octanol–water partition coefficient (Wildman–Crippen LogP) is 3.68. The van der Waals surface area contributed by atoms with Crippen molar-refractivity contribution in [2.45, 2.75) is 6.92 Å². The van der Waals surface area contributed by atoms with Crippen LogP contribution in [0.1, 0.15) is 27.8 Å². The molecule has 0 amide bonds. The second-order valence-corrected chi connectivity index (χ2v) is 6.12. The molecule has 3 rings (SSSR count). The van der Waals surface area contributed by atoms with Crippen molar-refractivity contribution in [3.8, 4) is 5.69 Å². The van der Waals surface area contributed by atoms with E-state index < -0.39 is 0 Å². The molecule has 20 heavy (non-hydrogen) atoms. The van der Waals surface area contributed by atoms with Crippen LogP contribution in [0.5, 0.6) is 0 Å². The van der Waals surface area contributed by atoms with Gasteiger partial charge in [0.05, 0.1) is 15.7 Å². The fourth-order valence-corrected chi connectivity index (χ4v) is 2.64. The van der Waals surface area contributed by atoms with Gasteiger partial charge in [-0.1, -0.05) is 15.9 Å². The molecule has 0 atom stereocenters. The average Bonchev–Trinajstić information content (AvgIpc) is 2.89. The minimum atomic E-state index is -0.257. The fourth-order valence-electron chi connectivity index (χ4n) is 2.01. The molecule has 100 valence electrons. The number of allylic oxidation sites excluding steroid dienone is 2. The van der Waals surface area contributed by atoms with Crippen molar-refractivity contribution >= 4 is 43.4 Å². The smallest absolute Gasteiger partial charge is 0.221 e. The summed E-state index contributed by atoms with van der Waals surface area (Å²) in [6.07, 6.45) is 1.60. The number of hydrogen-bond donors (Lipinski definition) is 0. The number of hydrogen-bond acceptors (Lipinski definition) is 3. The van der Waals surface area contributed by atoms with E-state index in [1.165, 1.54) is 0 Å². The Hall–Kier alpha value is -1.53. The van der Waals surface area contributed by atoms with Crippen LogP contribution in [-0.2, 0) is 0 Å². The summed E-state index contributed by atoms with van der Waals surface area (Å²) in [5.41, 5.74) is 1.74. The summed E-state index contributed by atoms with van der Waals surface area (Å²) in [4.78, 5) is 24.3. The molecule has 0 spiro atoms. The molecule has 1 aromatic heterocycles. The quantitative estimate of drug-likeness (QED) is 0.739. The summed E-state index contributed by atoms with van der Waals surface area (Å²) in [5.74, 6) is -0.428. The molecule has 0 bridgehead atoms. The highest BCUT2D eigenvalue weighted by Crippen LogP contribution is 2.29. The number of fused-ring (bicyclic) bond motifs is 1. The minimum Gasteiger partial charge on any atom is -0.289 e.